The highest BCUT2D eigenvalue weighted by Gasteiger charge is 2.00. The molecule has 0 unspecified atom stereocenters. The van der Waals surface area contributed by atoms with E-state index in [2.05, 4.69) is 12.2 Å². The lowest BCUT2D eigenvalue weighted by Gasteiger charge is -2.05. The van der Waals surface area contributed by atoms with Crippen molar-refractivity contribution in [1.82, 2.24) is 5.32 Å². The molecule has 0 spiro atoms. The predicted octanol–water partition coefficient (Wildman–Crippen LogP) is 4.93. The molecule has 1 amide bonds. The minimum absolute atomic E-state index is 0.241. The van der Waals surface area contributed by atoms with E-state index < -0.39 is 0 Å². The number of nitrogens with two attached hydrogens (primary N) is 1. The van der Waals surface area contributed by atoms with Crippen LogP contribution in [-0.4, -0.2) is 19.0 Å². The quantitative estimate of drug-likeness (QED) is 0.374. The molecule has 22 heavy (non-hydrogen) atoms. The number of amides is 1. The lowest BCUT2D eigenvalue weighted by atomic mass is 10.1. The summed E-state index contributed by atoms with van der Waals surface area (Å²) in [5.41, 5.74) is 5.46. The number of carbonyl (C=O) groups excluding carboxylic acids is 1. The Labute approximate surface area is 138 Å². The Morgan fingerprint density at radius 3 is 1.82 bits per heavy atom. The molecule has 132 valence electrons. The van der Waals surface area contributed by atoms with Crippen molar-refractivity contribution in [2.24, 2.45) is 5.73 Å². The minimum Gasteiger partial charge on any atom is -0.356 e. The molecular formula is C19H40N2O. The van der Waals surface area contributed by atoms with Crippen molar-refractivity contribution in [3.63, 3.8) is 0 Å². The van der Waals surface area contributed by atoms with Gasteiger partial charge in [0.2, 0.25) is 5.91 Å². The fourth-order valence-electron chi connectivity index (χ4n) is 2.71. The first-order chi connectivity index (χ1) is 10.8. The first-order valence-electron chi connectivity index (χ1n) is 9.78. The molecule has 0 aromatic rings. The van der Waals surface area contributed by atoms with Crippen LogP contribution in [0.1, 0.15) is 103 Å². The molecule has 0 aromatic heterocycles. The molecule has 0 heterocycles. The van der Waals surface area contributed by atoms with Crippen molar-refractivity contribution in [3.8, 4) is 0 Å². The maximum absolute atomic E-state index is 11.7. The number of carbonyl (C=O) groups is 1. The summed E-state index contributed by atoms with van der Waals surface area (Å²) < 4.78 is 0. The highest BCUT2D eigenvalue weighted by atomic mass is 16.1. The number of unbranched alkanes of at least 4 members (excludes halogenated alkanes) is 12. The zero-order valence-electron chi connectivity index (χ0n) is 15.0. The van der Waals surface area contributed by atoms with Crippen molar-refractivity contribution < 1.29 is 4.79 Å². The van der Waals surface area contributed by atoms with Crippen LogP contribution in [0.25, 0.3) is 0 Å². The Hall–Kier alpha value is -0.570. The number of rotatable bonds is 17. The highest BCUT2D eigenvalue weighted by Crippen LogP contribution is 2.10. The van der Waals surface area contributed by atoms with E-state index in [0.29, 0.717) is 6.42 Å². The molecule has 0 aliphatic heterocycles. The Balaban J connectivity index is 3.13. The van der Waals surface area contributed by atoms with Crippen LogP contribution in [-0.2, 0) is 4.79 Å². The van der Waals surface area contributed by atoms with E-state index in [0.717, 1.165) is 32.4 Å². The Morgan fingerprint density at radius 1 is 0.727 bits per heavy atom. The van der Waals surface area contributed by atoms with Crippen LogP contribution in [0.3, 0.4) is 0 Å². The van der Waals surface area contributed by atoms with E-state index in [4.69, 9.17) is 5.73 Å². The lowest BCUT2D eigenvalue weighted by Crippen LogP contribution is -2.23. The molecule has 0 fully saturated rings. The van der Waals surface area contributed by atoms with Gasteiger partial charge >= 0.3 is 0 Å². The van der Waals surface area contributed by atoms with Crippen molar-refractivity contribution >= 4 is 5.91 Å². The van der Waals surface area contributed by atoms with Gasteiger partial charge in [0.1, 0.15) is 0 Å². The summed E-state index contributed by atoms with van der Waals surface area (Å²) in [5.74, 6) is 0.241. The van der Waals surface area contributed by atoms with Crippen LogP contribution in [0.5, 0.6) is 0 Å². The van der Waals surface area contributed by atoms with Crippen molar-refractivity contribution in [2.45, 2.75) is 103 Å². The molecule has 0 saturated carbocycles. The van der Waals surface area contributed by atoms with Gasteiger partial charge in [-0.05, 0) is 25.8 Å². The fraction of sp³-hybridized carbons (Fsp3) is 0.947. The Morgan fingerprint density at radius 2 is 1.23 bits per heavy atom. The molecule has 3 heteroatoms. The summed E-state index contributed by atoms with van der Waals surface area (Å²) in [4.78, 5) is 11.7. The van der Waals surface area contributed by atoms with Gasteiger partial charge in [0, 0.05) is 13.0 Å². The van der Waals surface area contributed by atoms with Crippen LogP contribution in [0.4, 0.5) is 0 Å². The van der Waals surface area contributed by atoms with Crippen LogP contribution >= 0.6 is 0 Å². The second-order valence-corrected chi connectivity index (χ2v) is 6.48. The van der Waals surface area contributed by atoms with Gasteiger partial charge in [-0.2, -0.15) is 0 Å². The van der Waals surface area contributed by atoms with Crippen molar-refractivity contribution in [1.29, 1.82) is 0 Å². The molecule has 0 saturated heterocycles. The normalized spacial score (nSPS) is 10.8. The van der Waals surface area contributed by atoms with Gasteiger partial charge in [0.05, 0.1) is 0 Å². The van der Waals surface area contributed by atoms with E-state index in [9.17, 15) is 4.79 Å². The first kappa shape index (κ1) is 21.4. The molecule has 0 aliphatic rings. The van der Waals surface area contributed by atoms with Gasteiger partial charge in [0.15, 0.2) is 0 Å². The number of nitrogens with one attached hydrogen (secondary N) is 1. The summed E-state index contributed by atoms with van der Waals surface area (Å²) in [6.45, 7) is 3.90. The average Bonchev–Trinajstić information content (AvgIpc) is 2.52. The fourth-order valence-corrected chi connectivity index (χ4v) is 2.71. The molecule has 0 aromatic carbocycles. The van der Waals surface area contributed by atoms with Crippen molar-refractivity contribution in [3.05, 3.63) is 0 Å². The summed E-state index contributed by atoms with van der Waals surface area (Å²) >= 11 is 0. The van der Waals surface area contributed by atoms with Crippen LogP contribution in [0.2, 0.25) is 0 Å². The third kappa shape index (κ3) is 17.5. The summed E-state index contributed by atoms with van der Waals surface area (Å²) in [6.07, 6.45) is 18.4. The van der Waals surface area contributed by atoms with Gasteiger partial charge in [-0.15, -0.1) is 0 Å². The standard InChI is InChI=1S/C19H40N2O/c1-2-3-4-5-6-7-8-10-13-16-19(22)21-18-15-12-9-11-14-17-20/h2-18,20H2,1H3,(H,21,22). The monoisotopic (exact) mass is 312 g/mol. The van der Waals surface area contributed by atoms with E-state index in [1.165, 1.54) is 70.6 Å². The smallest absolute Gasteiger partial charge is 0.219 e. The average molecular weight is 313 g/mol. The van der Waals surface area contributed by atoms with E-state index in [1.54, 1.807) is 0 Å². The molecule has 0 aliphatic carbocycles. The third-order valence-electron chi connectivity index (χ3n) is 4.21. The summed E-state index contributed by atoms with van der Waals surface area (Å²) in [6, 6.07) is 0. The van der Waals surface area contributed by atoms with Gasteiger partial charge < -0.3 is 11.1 Å². The summed E-state index contributed by atoms with van der Waals surface area (Å²) in [5, 5.41) is 3.04. The Bertz CT molecular complexity index is 231. The molecule has 0 bridgehead atoms. The number of hydrogen-bond donors (Lipinski definition) is 2. The molecule has 0 atom stereocenters. The Kier molecular flexibility index (Phi) is 18.0. The van der Waals surface area contributed by atoms with Crippen LogP contribution < -0.4 is 11.1 Å². The minimum atomic E-state index is 0.241. The highest BCUT2D eigenvalue weighted by molar-refractivity contribution is 5.75. The molecule has 0 radical (unpaired) electrons. The van der Waals surface area contributed by atoms with Gasteiger partial charge in [-0.1, -0.05) is 77.6 Å². The second-order valence-electron chi connectivity index (χ2n) is 6.48. The van der Waals surface area contributed by atoms with Crippen molar-refractivity contribution in [2.75, 3.05) is 13.1 Å². The molecular weight excluding hydrogens is 272 g/mol. The first-order valence-corrected chi connectivity index (χ1v) is 9.78. The SMILES string of the molecule is CCCCCCCCCCCC(=O)NCCCCCCCN. The predicted molar refractivity (Wildman–Crippen MR) is 97.0 cm³/mol. The van der Waals surface area contributed by atoms with Gasteiger partial charge in [-0.25, -0.2) is 0 Å². The topological polar surface area (TPSA) is 55.1 Å². The van der Waals surface area contributed by atoms with Crippen LogP contribution in [0.15, 0.2) is 0 Å². The lowest BCUT2D eigenvalue weighted by molar-refractivity contribution is -0.121. The maximum atomic E-state index is 11.7. The summed E-state index contributed by atoms with van der Waals surface area (Å²) in [7, 11) is 0. The van der Waals surface area contributed by atoms with Gasteiger partial charge in [0.25, 0.3) is 0 Å². The molecule has 3 nitrogen and oxygen atoms in total. The van der Waals surface area contributed by atoms with Crippen LogP contribution in [0, 0.1) is 0 Å². The van der Waals surface area contributed by atoms with E-state index in [-0.39, 0.29) is 5.91 Å². The van der Waals surface area contributed by atoms with E-state index in [1.807, 2.05) is 0 Å². The zero-order valence-corrected chi connectivity index (χ0v) is 15.0. The molecule has 0 rings (SSSR count). The third-order valence-corrected chi connectivity index (χ3v) is 4.21. The van der Waals surface area contributed by atoms with E-state index >= 15 is 0 Å². The maximum Gasteiger partial charge on any atom is 0.219 e. The largest absolute Gasteiger partial charge is 0.356 e. The second kappa shape index (κ2) is 18.5. The molecule has 3 N–H and O–H groups in total. The number of hydrogen-bond acceptors (Lipinski definition) is 2. The zero-order chi connectivity index (χ0) is 16.3. The van der Waals surface area contributed by atoms with Gasteiger partial charge in [-0.3, -0.25) is 4.79 Å².